The summed E-state index contributed by atoms with van der Waals surface area (Å²) in [5.74, 6) is 0. The maximum absolute atomic E-state index is 2.42. The third-order valence-corrected chi connectivity index (χ3v) is 8.93. The zero-order valence-corrected chi connectivity index (χ0v) is 24.4. The van der Waals surface area contributed by atoms with Gasteiger partial charge in [0.15, 0.2) is 0 Å². The Labute approximate surface area is 246 Å². The molecule has 2 nitrogen and oxygen atoms in total. The van der Waals surface area contributed by atoms with Gasteiger partial charge in [-0.2, -0.15) is 0 Å². The summed E-state index contributed by atoms with van der Waals surface area (Å²) in [7, 11) is 8.70. The van der Waals surface area contributed by atoms with Crippen LogP contribution in [0.5, 0.6) is 0 Å². The van der Waals surface area contributed by atoms with E-state index in [1.165, 1.54) is 87.5 Å². The minimum atomic E-state index is 1.24. The van der Waals surface area contributed by atoms with Crippen molar-refractivity contribution in [1.82, 2.24) is 0 Å². The van der Waals surface area contributed by atoms with Crippen LogP contribution in [0.25, 0.3) is 76.1 Å². The molecule has 8 rings (SSSR count). The molecule has 0 amide bonds. The van der Waals surface area contributed by atoms with E-state index in [-0.39, 0.29) is 0 Å². The highest BCUT2D eigenvalue weighted by molar-refractivity contribution is 6.46. The van der Waals surface area contributed by atoms with Gasteiger partial charge in [0.25, 0.3) is 0 Å². The van der Waals surface area contributed by atoms with Crippen molar-refractivity contribution in [3.8, 4) is 22.3 Å². The molecule has 0 aliphatic carbocycles. The average Bonchev–Trinajstić information content (AvgIpc) is 3.04. The summed E-state index contributed by atoms with van der Waals surface area (Å²) in [5.41, 5.74) is 7.52. The monoisotopic (exact) mass is 540 g/mol. The minimum Gasteiger partial charge on any atom is -0.377 e. The summed E-state index contributed by atoms with van der Waals surface area (Å²) in [6, 6.07) is 44.7. The second-order valence-electron chi connectivity index (χ2n) is 11.7. The molecule has 0 aliphatic heterocycles. The van der Waals surface area contributed by atoms with Crippen LogP contribution in [0.2, 0.25) is 0 Å². The first-order chi connectivity index (χ1) is 20.5. The van der Waals surface area contributed by atoms with Crippen molar-refractivity contribution in [1.29, 1.82) is 0 Å². The molecule has 8 aromatic rings. The largest absolute Gasteiger partial charge is 0.377 e. The van der Waals surface area contributed by atoms with Crippen LogP contribution in [0.3, 0.4) is 0 Å². The Bertz CT molecular complexity index is 2120. The Balaban J connectivity index is 1.80. The first-order valence-electron chi connectivity index (χ1n) is 14.6. The predicted molar refractivity (Wildman–Crippen MR) is 185 cm³/mol. The maximum Gasteiger partial charge on any atom is 0.0453 e. The Hall–Kier alpha value is -5.08. The second kappa shape index (κ2) is 9.22. The van der Waals surface area contributed by atoms with Crippen LogP contribution in [-0.4, -0.2) is 28.2 Å². The zero-order chi connectivity index (χ0) is 28.5. The third kappa shape index (κ3) is 3.39. The van der Waals surface area contributed by atoms with Gasteiger partial charge >= 0.3 is 0 Å². The Morgan fingerprint density at radius 2 is 0.643 bits per heavy atom. The van der Waals surface area contributed by atoms with Crippen molar-refractivity contribution in [3.63, 3.8) is 0 Å². The number of hydrogen-bond donors (Lipinski definition) is 0. The standard InChI is InChI=1S/C40H32N2/c1-41(2)33-23-31(25-15-7-5-8-16-25)35-28-20-12-14-22-30(28)38-34(42(3)4)24-32(26-17-9-6-10-18-26)36-27-19-11-13-21-29(27)37(33)39(35)40(36)38/h5-24H,1-4H3. The number of hydrogen-bond acceptors (Lipinski definition) is 2. The van der Waals surface area contributed by atoms with Gasteiger partial charge in [0.1, 0.15) is 0 Å². The van der Waals surface area contributed by atoms with E-state index in [9.17, 15) is 0 Å². The van der Waals surface area contributed by atoms with Gasteiger partial charge in [-0.25, -0.2) is 0 Å². The number of fused-ring (bicyclic) bond motifs is 6. The van der Waals surface area contributed by atoms with Crippen molar-refractivity contribution in [2.45, 2.75) is 0 Å². The normalized spacial score (nSPS) is 11.8. The fraction of sp³-hybridized carbons (Fsp3) is 0.100. The molecule has 42 heavy (non-hydrogen) atoms. The number of rotatable bonds is 4. The molecule has 0 radical (unpaired) electrons. The SMILES string of the molecule is CN(C)c1cc(-c2ccccc2)c2c3ccccc3c3c(N(C)C)cc(-c4ccccc4)c4c5ccccc5c1c2c43. The number of nitrogens with zero attached hydrogens (tertiary/aromatic N) is 2. The minimum absolute atomic E-state index is 1.24. The molecule has 8 aromatic carbocycles. The zero-order valence-electron chi connectivity index (χ0n) is 24.4. The topological polar surface area (TPSA) is 6.48 Å². The van der Waals surface area contributed by atoms with E-state index < -0.39 is 0 Å². The quantitative estimate of drug-likeness (QED) is 0.162. The summed E-state index contributed by atoms with van der Waals surface area (Å²) in [5, 5.41) is 13.2. The van der Waals surface area contributed by atoms with Gasteiger partial charge in [-0.3, -0.25) is 0 Å². The Morgan fingerprint density at radius 3 is 0.976 bits per heavy atom. The van der Waals surface area contributed by atoms with Gasteiger partial charge in [-0.1, -0.05) is 109 Å². The lowest BCUT2D eigenvalue weighted by molar-refractivity contribution is 1.14. The first-order valence-corrected chi connectivity index (χ1v) is 14.6. The van der Waals surface area contributed by atoms with Gasteiger partial charge in [0, 0.05) is 61.1 Å². The lowest BCUT2D eigenvalue weighted by Gasteiger charge is -2.28. The maximum atomic E-state index is 2.42. The van der Waals surface area contributed by atoms with E-state index in [2.05, 4.69) is 159 Å². The fourth-order valence-corrected chi connectivity index (χ4v) is 7.18. The molecule has 0 aromatic heterocycles. The van der Waals surface area contributed by atoms with Gasteiger partial charge in [-0.15, -0.1) is 0 Å². The summed E-state index contributed by atoms with van der Waals surface area (Å²) in [4.78, 5) is 4.58. The molecule has 0 saturated carbocycles. The van der Waals surface area contributed by atoms with Crippen LogP contribution in [0.1, 0.15) is 0 Å². The highest BCUT2D eigenvalue weighted by Gasteiger charge is 2.26. The molecule has 0 N–H and O–H groups in total. The first kappa shape index (κ1) is 24.7. The Kier molecular flexibility index (Phi) is 5.42. The molecule has 0 bridgehead atoms. The van der Waals surface area contributed by atoms with E-state index in [0.717, 1.165) is 0 Å². The molecule has 0 spiro atoms. The molecule has 0 atom stereocenters. The number of benzene rings is 8. The molecule has 0 fully saturated rings. The third-order valence-electron chi connectivity index (χ3n) is 8.93. The molecule has 0 saturated heterocycles. The van der Waals surface area contributed by atoms with Crippen LogP contribution in [0.4, 0.5) is 11.4 Å². The number of anilines is 2. The van der Waals surface area contributed by atoms with Crippen molar-refractivity contribution in [3.05, 3.63) is 121 Å². The summed E-state index contributed by atoms with van der Waals surface area (Å²) < 4.78 is 0. The molecular weight excluding hydrogens is 508 g/mol. The molecule has 0 aliphatic rings. The highest BCUT2D eigenvalue weighted by Crippen LogP contribution is 2.54. The van der Waals surface area contributed by atoms with E-state index in [0.29, 0.717) is 0 Å². The van der Waals surface area contributed by atoms with Crippen LogP contribution in [0.15, 0.2) is 121 Å². The lowest BCUT2D eigenvalue weighted by Crippen LogP contribution is -2.12. The Morgan fingerprint density at radius 1 is 0.333 bits per heavy atom. The van der Waals surface area contributed by atoms with Gasteiger partial charge in [0.05, 0.1) is 0 Å². The smallest absolute Gasteiger partial charge is 0.0453 e. The van der Waals surface area contributed by atoms with E-state index >= 15 is 0 Å². The van der Waals surface area contributed by atoms with Crippen molar-refractivity contribution in [2.24, 2.45) is 0 Å². The second-order valence-corrected chi connectivity index (χ2v) is 11.7. The van der Waals surface area contributed by atoms with Crippen LogP contribution >= 0.6 is 0 Å². The highest BCUT2D eigenvalue weighted by atomic mass is 15.1. The summed E-state index contributed by atoms with van der Waals surface area (Å²) in [6.07, 6.45) is 0. The van der Waals surface area contributed by atoms with Crippen LogP contribution in [-0.2, 0) is 0 Å². The fourth-order valence-electron chi connectivity index (χ4n) is 7.18. The van der Waals surface area contributed by atoms with E-state index in [1.54, 1.807) is 0 Å². The summed E-state index contributed by atoms with van der Waals surface area (Å²) >= 11 is 0. The molecule has 0 heterocycles. The summed E-state index contributed by atoms with van der Waals surface area (Å²) in [6.45, 7) is 0. The van der Waals surface area contributed by atoms with Crippen molar-refractivity contribution < 1.29 is 0 Å². The average molecular weight is 541 g/mol. The van der Waals surface area contributed by atoms with Gasteiger partial charge < -0.3 is 9.80 Å². The molecule has 0 unspecified atom stereocenters. The van der Waals surface area contributed by atoms with E-state index in [4.69, 9.17) is 0 Å². The van der Waals surface area contributed by atoms with Crippen molar-refractivity contribution in [2.75, 3.05) is 38.0 Å². The lowest BCUT2D eigenvalue weighted by atomic mass is 9.80. The molecule has 202 valence electrons. The molecule has 2 heteroatoms. The van der Waals surface area contributed by atoms with Crippen LogP contribution < -0.4 is 9.80 Å². The van der Waals surface area contributed by atoms with Gasteiger partial charge in [-0.05, 0) is 66.7 Å². The van der Waals surface area contributed by atoms with Crippen molar-refractivity contribution >= 4 is 65.2 Å². The van der Waals surface area contributed by atoms with E-state index in [1.807, 2.05) is 0 Å². The van der Waals surface area contributed by atoms with Gasteiger partial charge in [0.2, 0.25) is 0 Å². The predicted octanol–water partition coefficient (Wildman–Crippen LogP) is 10.4. The molecular formula is C40H32N2. The van der Waals surface area contributed by atoms with Crippen LogP contribution in [0, 0.1) is 0 Å².